The van der Waals surface area contributed by atoms with Gasteiger partial charge in [0, 0.05) is 12.7 Å². The zero-order chi connectivity index (χ0) is 12.8. The van der Waals surface area contributed by atoms with E-state index in [1.165, 1.54) is 0 Å². The first-order valence-electron chi connectivity index (χ1n) is 5.59. The van der Waals surface area contributed by atoms with Crippen LogP contribution < -0.4 is 15.4 Å². The average molecular weight is 242 g/mol. The number of anilines is 1. The zero-order valence-electron chi connectivity index (χ0n) is 10.0. The van der Waals surface area contributed by atoms with E-state index in [2.05, 4.69) is 10.6 Å². The minimum atomic E-state index is -0.244. The van der Waals surface area contributed by atoms with Crippen molar-refractivity contribution in [2.75, 3.05) is 12.4 Å². The van der Waals surface area contributed by atoms with Gasteiger partial charge in [-0.1, -0.05) is 18.2 Å². The fourth-order valence-corrected chi connectivity index (χ4v) is 1.42. The highest BCUT2D eigenvalue weighted by molar-refractivity contribution is 5.88. The smallest absolute Gasteiger partial charge is 0.318 e. The number of para-hydroxylation sites is 1. The first-order chi connectivity index (χ1) is 8.78. The second kappa shape index (κ2) is 5.72. The Hall–Kier alpha value is -2.49. The van der Waals surface area contributed by atoms with Crippen molar-refractivity contribution >= 4 is 11.7 Å². The first-order valence-corrected chi connectivity index (χ1v) is 5.59. The van der Waals surface area contributed by atoms with Gasteiger partial charge in [0.15, 0.2) is 0 Å². The van der Waals surface area contributed by atoms with E-state index < -0.39 is 0 Å². The van der Waals surface area contributed by atoms with Crippen LogP contribution in [0, 0.1) is 0 Å². The Balaban J connectivity index is 2.02. The molecule has 0 radical (unpaired) electrons. The zero-order valence-corrected chi connectivity index (χ0v) is 10.0. The molecule has 0 fully saturated rings. The number of amides is 2. The van der Waals surface area contributed by atoms with Crippen LogP contribution in [0.1, 0.15) is 0 Å². The van der Waals surface area contributed by atoms with Crippen LogP contribution in [0.15, 0.2) is 54.6 Å². The molecule has 0 unspecified atom stereocenters. The van der Waals surface area contributed by atoms with Crippen LogP contribution in [0.2, 0.25) is 0 Å². The molecule has 0 aliphatic heterocycles. The standard InChI is InChI=1S/C14H14N2O2/c1-15-14(17)16-11-7-9-13(10-8-11)18-12-5-3-2-4-6-12/h2-10H,1H3,(H2,15,16,17). The van der Waals surface area contributed by atoms with Crippen LogP contribution in [-0.2, 0) is 0 Å². The summed E-state index contributed by atoms with van der Waals surface area (Å²) in [5.74, 6) is 1.51. The van der Waals surface area contributed by atoms with E-state index >= 15 is 0 Å². The number of urea groups is 1. The molecule has 2 aromatic carbocycles. The van der Waals surface area contributed by atoms with Crippen molar-refractivity contribution in [3.63, 3.8) is 0 Å². The highest BCUT2D eigenvalue weighted by Gasteiger charge is 1.99. The third-order valence-electron chi connectivity index (χ3n) is 2.32. The third-order valence-corrected chi connectivity index (χ3v) is 2.32. The van der Waals surface area contributed by atoms with Gasteiger partial charge < -0.3 is 15.4 Å². The molecule has 2 rings (SSSR count). The molecule has 0 saturated heterocycles. The minimum absolute atomic E-state index is 0.244. The number of rotatable bonds is 3. The predicted molar refractivity (Wildman–Crippen MR) is 71.0 cm³/mol. The molecule has 0 saturated carbocycles. The SMILES string of the molecule is CNC(=O)Nc1ccc(Oc2ccccc2)cc1. The molecule has 0 bridgehead atoms. The lowest BCUT2D eigenvalue weighted by molar-refractivity contribution is 0.254. The van der Waals surface area contributed by atoms with Crippen molar-refractivity contribution in [3.05, 3.63) is 54.6 Å². The van der Waals surface area contributed by atoms with Gasteiger partial charge >= 0.3 is 6.03 Å². The second-order valence-electron chi connectivity index (χ2n) is 3.64. The quantitative estimate of drug-likeness (QED) is 0.868. The number of hydrogen-bond donors (Lipinski definition) is 2. The number of ether oxygens (including phenoxy) is 1. The van der Waals surface area contributed by atoms with E-state index in [1.807, 2.05) is 30.3 Å². The van der Waals surface area contributed by atoms with Crippen molar-refractivity contribution in [1.82, 2.24) is 5.32 Å². The normalized spacial score (nSPS) is 9.61. The second-order valence-corrected chi connectivity index (χ2v) is 3.64. The number of benzene rings is 2. The van der Waals surface area contributed by atoms with Gasteiger partial charge in [0.25, 0.3) is 0 Å². The molecule has 92 valence electrons. The largest absolute Gasteiger partial charge is 0.457 e. The Labute approximate surface area is 106 Å². The van der Waals surface area contributed by atoms with Crippen molar-refractivity contribution < 1.29 is 9.53 Å². The summed E-state index contributed by atoms with van der Waals surface area (Å²) in [6, 6.07) is 16.5. The topological polar surface area (TPSA) is 50.4 Å². The van der Waals surface area contributed by atoms with Crippen molar-refractivity contribution in [3.8, 4) is 11.5 Å². The summed E-state index contributed by atoms with van der Waals surface area (Å²) in [5.41, 5.74) is 0.717. The van der Waals surface area contributed by atoms with Crippen LogP contribution in [0.4, 0.5) is 10.5 Å². The summed E-state index contributed by atoms with van der Waals surface area (Å²) in [4.78, 5) is 11.1. The van der Waals surface area contributed by atoms with Crippen LogP contribution in [-0.4, -0.2) is 13.1 Å². The fraction of sp³-hybridized carbons (Fsp3) is 0.0714. The highest BCUT2D eigenvalue weighted by Crippen LogP contribution is 2.22. The van der Waals surface area contributed by atoms with Gasteiger partial charge in [-0.05, 0) is 36.4 Å². The maximum atomic E-state index is 11.1. The molecule has 4 heteroatoms. The summed E-state index contributed by atoms with van der Waals surface area (Å²) in [7, 11) is 1.57. The Bertz CT molecular complexity index is 509. The molecule has 0 aliphatic rings. The van der Waals surface area contributed by atoms with Crippen molar-refractivity contribution in [2.45, 2.75) is 0 Å². The van der Waals surface area contributed by atoms with Gasteiger partial charge in [0.05, 0.1) is 0 Å². The lowest BCUT2D eigenvalue weighted by Gasteiger charge is -2.07. The van der Waals surface area contributed by atoms with Gasteiger partial charge in [-0.2, -0.15) is 0 Å². The van der Waals surface area contributed by atoms with E-state index in [9.17, 15) is 4.79 Å². The molecule has 18 heavy (non-hydrogen) atoms. The Kier molecular flexibility index (Phi) is 3.81. The summed E-state index contributed by atoms with van der Waals surface area (Å²) in [6.07, 6.45) is 0. The van der Waals surface area contributed by atoms with Crippen LogP contribution in [0.25, 0.3) is 0 Å². The van der Waals surface area contributed by atoms with Gasteiger partial charge in [-0.3, -0.25) is 0 Å². The number of hydrogen-bond acceptors (Lipinski definition) is 2. The van der Waals surface area contributed by atoms with Crippen LogP contribution in [0.5, 0.6) is 11.5 Å². The minimum Gasteiger partial charge on any atom is -0.457 e. The van der Waals surface area contributed by atoms with Gasteiger partial charge in [-0.15, -0.1) is 0 Å². The Morgan fingerprint density at radius 1 is 0.944 bits per heavy atom. The summed E-state index contributed by atoms with van der Waals surface area (Å²) in [6.45, 7) is 0. The number of nitrogens with one attached hydrogen (secondary N) is 2. The number of carbonyl (C=O) groups is 1. The molecule has 2 aromatic rings. The van der Waals surface area contributed by atoms with Crippen LogP contribution >= 0.6 is 0 Å². The molecule has 2 N–H and O–H groups in total. The highest BCUT2D eigenvalue weighted by atomic mass is 16.5. The fourth-order valence-electron chi connectivity index (χ4n) is 1.42. The third kappa shape index (κ3) is 3.25. The predicted octanol–water partition coefficient (Wildman–Crippen LogP) is 3.23. The summed E-state index contributed by atoms with van der Waals surface area (Å²) < 4.78 is 5.64. The van der Waals surface area contributed by atoms with Crippen molar-refractivity contribution in [1.29, 1.82) is 0 Å². The van der Waals surface area contributed by atoms with E-state index in [-0.39, 0.29) is 6.03 Å². The first kappa shape index (κ1) is 12.0. The molecule has 0 aliphatic carbocycles. The van der Waals surface area contributed by atoms with Crippen LogP contribution in [0.3, 0.4) is 0 Å². The van der Waals surface area contributed by atoms with E-state index in [0.29, 0.717) is 0 Å². The molecule has 0 heterocycles. The van der Waals surface area contributed by atoms with Crippen molar-refractivity contribution in [2.24, 2.45) is 0 Å². The monoisotopic (exact) mass is 242 g/mol. The summed E-state index contributed by atoms with van der Waals surface area (Å²) in [5, 5.41) is 5.16. The molecule has 4 nitrogen and oxygen atoms in total. The average Bonchev–Trinajstić information content (AvgIpc) is 2.42. The molecule has 2 amide bonds. The lowest BCUT2D eigenvalue weighted by Crippen LogP contribution is -2.24. The Morgan fingerprint density at radius 3 is 2.17 bits per heavy atom. The maximum absolute atomic E-state index is 11.1. The van der Waals surface area contributed by atoms with Gasteiger partial charge in [0.1, 0.15) is 11.5 Å². The van der Waals surface area contributed by atoms with Gasteiger partial charge in [-0.25, -0.2) is 4.79 Å². The molecule has 0 spiro atoms. The van der Waals surface area contributed by atoms with E-state index in [0.717, 1.165) is 17.2 Å². The Morgan fingerprint density at radius 2 is 1.56 bits per heavy atom. The molecule has 0 aromatic heterocycles. The molecular weight excluding hydrogens is 228 g/mol. The molecule has 0 atom stereocenters. The lowest BCUT2D eigenvalue weighted by atomic mass is 10.3. The molecular formula is C14H14N2O2. The summed E-state index contributed by atoms with van der Waals surface area (Å²) >= 11 is 0. The maximum Gasteiger partial charge on any atom is 0.318 e. The van der Waals surface area contributed by atoms with E-state index in [1.54, 1.807) is 31.3 Å². The van der Waals surface area contributed by atoms with E-state index in [4.69, 9.17) is 4.74 Å². The van der Waals surface area contributed by atoms with Gasteiger partial charge in [0.2, 0.25) is 0 Å². The number of carbonyl (C=O) groups excluding carboxylic acids is 1.